The van der Waals surface area contributed by atoms with Gasteiger partial charge in [-0.3, -0.25) is 9.59 Å². The highest BCUT2D eigenvalue weighted by atomic mass is 32.2. The Labute approximate surface area is 124 Å². The lowest BCUT2D eigenvalue weighted by molar-refractivity contribution is -0.142. The van der Waals surface area contributed by atoms with Crippen molar-refractivity contribution in [3.05, 3.63) is 0 Å². The van der Waals surface area contributed by atoms with Crippen LogP contribution >= 0.6 is 0 Å². The lowest BCUT2D eigenvalue weighted by Gasteiger charge is -2.35. The normalized spacial score (nSPS) is 32.1. The standard InChI is InChI=1S/C12H21N3O5S/c1-12(11(13)18)5-7-14(8-12)21(19,20)15-6-3-2-4-9(15)10(16)17/h9H,2-8H2,1H3,(H2,13,18)(H,16,17). The monoisotopic (exact) mass is 319 g/mol. The van der Waals surface area contributed by atoms with Gasteiger partial charge in [0.05, 0.1) is 5.41 Å². The van der Waals surface area contributed by atoms with Crippen molar-refractivity contribution in [3.8, 4) is 0 Å². The molecule has 2 saturated heterocycles. The van der Waals surface area contributed by atoms with Crippen LogP contribution < -0.4 is 5.73 Å². The van der Waals surface area contributed by atoms with Crippen molar-refractivity contribution < 1.29 is 23.1 Å². The van der Waals surface area contributed by atoms with E-state index < -0.39 is 33.5 Å². The molecule has 120 valence electrons. The first-order valence-electron chi connectivity index (χ1n) is 6.98. The number of carbonyl (C=O) groups is 2. The summed E-state index contributed by atoms with van der Waals surface area (Å²) in [6.45, 7) is 2.02. The highest BCUT2D eigenvalue weighted by Gasteiger charge is 2.47. The second kappa shape index (κ2) is 5.54. The summed E-state index contributed by atoms with van der Waals surface area (Å²) < 4.78 is 27.5. The Bertz CT molecular complexity index is 549. The molecule has 0 aromatic heterocycles. The van der Waals surface area contributed by atoms with E-state index in [2.05, 4.69) is 0 Å². The number of carboxylic acid groups (broad SMARTS) is 1. The Kier molecular flexibility index (Phi) is 4.27. The lowest BCUT2D eigenvalue weighted by atomic mass is 9.89. The molecule has 9 heteroatoms. The van der Waals surface area contributed by atoms with E-state index in [1.165, 1.54) is 4.31 Å². The summed E-state index contributed by atoms with van der Waals surface area (Å²) in [5.74, 6) is -1.66. The first-order valence-corrected chi connectivity index (χ1v) is 8.38. The third kappa shape index (κ3) is 2.90. The van der Waals surface area contributed by atoms with Crippen molar-refractivity contribution in [2.75, 3.05) is 19.6 Å². The summed E-state index contributed by atoms with van der Waals surface area (Å²) in [5.41, 5.74) is 4.44. The van der Waals surface area contributed by atoms with Crippen molar-refractivity contribution in [1.82, 2.24) is 8.61 Å². The van der Waals surface area contributed by atoms with Gasteiger partial charge in [-0.25, -0.2) is 0 Å². The molecule has 0 bridgehead atoms. The van der Waals surface area contributed by atoms with E-state index in [9.17, 15) is 23.1 Å². The number of hydrogen-bond acceptors (Lipinski definition) is 4. The zero-order valence-corrected chi connectivity index (χ0v) is 12.8. The minimum absolute atomic E-state index is 0.00745. The molecule has 2 aliphatic heterocycles. The Balaban J connectivity index is 2.22. The predicted octanol–water partition coefficient (Wildman–Crippen LogP) is -0.632. The number of hydrogen-bond donors (Lipinski definition) is 2. The van der Waals surface area contributed by atoms with Crippen LogP contribution in [0.1, 0.15) is 32.6 Å². The van der Waals surface area contributed by atoms with Gasteiger partial charge in [0.15, 0.2) is 0 Å². The fourth-order valence-electron chi connectivity index (χ4n) is 2.89. The summed E-state index contributed by atoms with van der Waals surface area (Å²) in [5, 5.41) is 9.21. The van der Waals surface area contributed by atoms with Crippen molar-refractivity contribution >= 4 is 22.1 Å². The van der Waals surface area contributed by atoms with Gasteiger partial charge in [0.1, 0.15) is 6.04 Å². The van der Waals surface area contributed by atoms with Gasteiger partial charge in [-0.05, 0) is 32.6 Å². The first kappa shape index (κ1) is 16.2. The molecular formula is C12H21N3O5S. The zero-order valence-electron chi connectivity index (χ0n) is 12.0. The SMILES string of the molecule is CC1(C(N)=O)CCN(S(=O)(=O)N2CCCCC2C(=O)O)C1. The van der Waals surface area contributed by atoms with Crippen LogP contribution in [0.5, 0.6) is 0 Å². The van der Waals surface area contributed by atoms with Crippen molar-refractivity contribution in [2.45, 2.75) is 38.6 Å². The van der Waals surface area contributed by atoms with Gasteiger partial charge in [0, 0.05) is 19.6 Å². The van der Waals surface area contributed by atoms with Crippen LogP contribution in [-0.4, -0.2) is 59.7 Å². The van der Waals surface area contributed by atoms with E-state index in [4.69, 9.17) is 5.73 Å². The molecule has 8 nitrogen and oxygen atoms in total. The van der Waals surface area contributed by atoms with Gasteiger partial charge >= 0.3 is 5.97 Å². The molecule has 2 heterocycles. The molecule has 2 atom stereocenters. The van der Waals surface area contributed by atoms with Crippen molar-refractivity contribution in [2.24, 2.45) is 11.1 Å². The van der Waals surface area contributed by atoms with E-state index in [-0.39, 0.29) is 19.6 Å². The molecule has 2 fully saturated rings. The van der Waals surface area contributed by atoms with Crippen LogP contribution in [0.15, 0.2) is 0 Å². The number of nitrogens with zero attached hydrogens (tertiary/aromatic N) is 2. The van der Waals surface area contributed by atoms with E-state index in [1.54, 1.807) is 6.92 Å². The maximum absolute atomic E-state index is 12.6. The van der Waals surface area contributed by atoms with Gasteiger partial charge in [-0.1, -0.05) is 0 Å². The van der Waals surface area contributed by atoms with Gasteiger partial charge < -0.3 is 10.8 Å². The summed E-state index contributed by atoms with van der Waals surface area (Å²) in [7, 11) is -3.88. The van der Waals surface area contributed by atoms with Crippen LogP contribution in [0.4, 0.5) is 0 Å². The first-order chi connectivity index (χ1) is 9.68. The van der Waals surface area contributed by atoms with Crippen LogP contribution in [0.3, 0.4) is 0 Å². The lowest BCUT2D eigenvalue weighted by Crippen LogP contribution is -2.53. The molecule has 2 unspecified atom stereocenters. The van der Waals surface area contributed by atoms with Gasteiger partial charge in [-0.2, -0.15) is 17.0 Å². The molecule has 0 radical (unpaired) electrons. The highest BCUT2D eigenvalue weighted by Crippen LogP contribution is 2.33. The fraction of sp³-hybridized carbons (Fsp3) is 0.833. The molecule has 0 aromatic rings. The molecule has 0 spiro atoms. The second-order valence-corrected chi connectivity index (χ2v) is 7.86. The van der Waals surface area contributed by atoms with Gasteiger partial charge in [-0.15, -0.1) is 0 Å². The molecule has 1 amide bonds. The summed E-state index contributed by atoms with van der Waals surface area (Å²) in [6, 6.07) is -1.02. The molecule has 0 aromatic carbocycles. The summed E-state index contributed by atoms with van der Waals surface area (Å²) >= 11 is 0. The van der Waals surface area contributed by atoms with Gasteiger partial charge in [0.25, 0.3) is 10.2 Å². The minimum atomic E-state index is -3.88. The maximum Gasteiger partial charge on any atom is 0.322 e. The Morgan fingerprint density at radius 1 is 1.29 bits per heavy atom. The number of nitrogens with two attached hydrogens (primary N) is 1. The Morgan fingerprint density at radius 2 is 1.95 bits per heavy atom. The third-order valence-corrected chi connectivity index (χ3v) is 6.39. The minimum Gasteiger partial charge on any atom is -0.480 e. The number of aliphatic carboxylic acids is 1. The van der Waals surface area contributed by atoms with Crippen LogP contribution in [0.2, 0.25) is 0 Å². The number of primary amides is 1. The molecular weight excluding hydrogens is 298 g/mol. The molecule has 0 aliphatic carbocycles. The Morgan fingerprint density at radius 3 is 2.48 bits per heavy atom. The number of amides is 1. The van der Waals surface area contributed by atoms with Crippen molar-refractivity contribution in [3.63, 3.8) is 0 Å². The molecule has 0 saturated carbocycles. The second-order valence-electron chi connectivity index (χ2n) is 5.98. The molecule has 3 N–H and O–H groups in total. The molecule has 2 rings (SSSR count). The summed E-state index contributed by atoms with van der Waals surface area (Å²) in [6.07, 6.45) is 2.01. The molecule has 2 aliphatic rings. The average molecular weight is 319 g/mol. The summed E-state index contributed by atoms with van der Waals surface area (Å²) in [4.78, 5) is 22.7. The third-order valence-electron chi connectivity index (χ3n) is 4.39. The zero-order chi connectivity index (χ0) is 15.8. The predicted molar refractivity (Wildman–Crippen MR) is 74.4 cm³/mol. The number of carbonyl (C=O) groups excluding carboxylic acids is 1. The number of carboxylic acids is 1. The van der Waals surface area contributed by atoms with E-state index in [0.29, 0.717) is 25.7 Å². The van der Waals surface area contributed by atoms with Crippen molar-refractivity contribution in [1.29, 1.82) is 0 Å². The quantitative estimate of drug-likeness (QED) is 0.714. The van der Waals surface area contributed by atoms with Crippen LogP contribution in [-0.2, 0) is 19.8 Å². The van der Waals surface area contributed by atoms with Crippen LogP contribution in [0.25, 0.3) is 0 Å². The van der Waals surface area contributed by atoms with E-state index in [0.717, 1.165) is 4.31 Å². The fourth-order valence-corrected chi connectivity index (χ4v) is 4.84. The highest BCUT2D eigenvalue weighted by molar-refractivity contribution is 7.86. The van der Waals surface area contributed by atoms with E-state index >= 15 is 0 Å². The average Bonchev–Trinajstić information content (AvgIpc) is 2.83. The smallest absolute Gasteiger partial charge is 0.322 e. The van der Waals surface area contributed by atoms with E-state index in [1.807, 2.05) is 0 Å². The largest absolute Gasteiger partial charge is 0.480 e. The van der Waals surface area contributed by atoms with Crippen LogP contribution in [0, 0.1) is 5.41 Å². The maximum atomic E-state index is 12.6. The number of piperidine rings is 1. The topological polar surface area (TPSA) is 121 Å². The Hall–Kier alpha value is -1.19. The van der Waals surface area contributed by atoms with Gasteiger partial charge in [0.2, 0.25) is 5.91 Å². The molecule has 21 heavy (non-hydrogen) atoms. The number of rotatable bonds is 4.